The molecule has 0 bridgehead atoms. The number of methoxy groups -OCH3 is 1. The van der Waals surface area contributed by atoms with Crippen LogP contribution in [0.15, 0.2) is 66.5 Å². The number of carbonyl (C=O) groups excluding carboxylic acids is 1. The van der Waals surface area contributed by atoms with Crippen LogP contribution in [-0.2, 0) is 4.74 Å². The fraction of sp³-hybridized carbons (Fsp3) is 0.188. The molecule has 98 valence electrons. The van der Waals surface area contributed by atoms with Crippen LogP contribution >= 0.6 is 0 Å². The molecular formula is C16H16O3. The number of aliphatic hydroxyl groups excluding tert-OH is 1. The number of hydrogen-bond acceptors (Lipinski definition) is 3. The van der Waals surface area contributed by atoms with Crippen molar-refractivity contribution in [2.24, 2.45) is 5.92 Å². The number of rotatable bonds is 4. The molecule has 1 aromatic rings. The first kappa shape index (κ1) is 13.3. The second kappa shape index (κ2) is 6.16. The van der Waals surface area contributed by atoms with E-state index in [1.54, 1.807) is 43.5 Å². The number of hydrogen-bond donors (Lipinski definition) is 1. The van der Waals surface area contributed by atoms with Gasteiger partial charge in [0.1, 0.15) is 5.76 Å². The molecule has 3 nitrogen and oxygen atoms in total. The first-order valence-electron chi connectivity index (χ1n) is 6.10. The van der Waals surface area contributed by atoms with Gasteiger partial charge in [-0.25, -0.2) is 0 Å². The van der Waals surface area contributed by atoms with Crippen molar-refractivity contribution in [3.63, 3.8) is 0 Å². The molecular weight excluding hydrogens is 240 g/mol. The van der Waals surface area contributed by atoms with Crippen LogP contribution in [0.1, 0.15) is 10.4 Å². The monoisotopic (exact) mass is 256 g/mol. The number of ether oxygens (including phenoxy) is 1. The predicted octanol–water partition coefficient (Wildman–Crippen LogP) is 3.07. The fourth-order valence-corrected chi connectivity index (χ4v) is 1.95. The molecule has 0 fully saturated rings. The fourth-order valence-electron chi connectivity index (χ4n) is 1.95. The lowest BCUT2D eigenvalue weighted by Crippen LogP contribution is -2.20. The second-order valence-electron chi connectivity index (χ2n) is 4.32. The summed E-state index contributed by atoms with van der Waals surface area (Å²) in [4.78, 5) is 11.9. The molecule has 0 aromatic heterocycles. The first-order chi connectivity index (χ1) is 9.20. The van der Waals surface area contributed by atoms with Crippen LogP contribution in [0.2, 0.25) is 0 Å². The van der Waals surface area contributed by atoms with Crippen LogP contribution < -0.4 is 0 Å². The molecule has 1 N–H and O–H groups in total. The Labute approximate surface area is 112 Å². The summed E-state index contributed by atoms with van der Waals surface area (Å²) in [6.07, 6.45) is 8.15. The molecule has 0 heterocycles. The van der Waals surface area contributed by atoms with E-state index in [1.165, 1.54) is 0 Å². The Balaban J connectivity index is 2.07. The zero-order valence-electron chi connectivity index (χ0n) is 10.7. The van der Waals surface area contributed by atoms with Crippen molar-refractivity contribution in [3.8, 4) is 0 Å². The van der Waals surface area contributed by atoms with Gasteiger partial charge in [-0.05, 0) is 18.2 Å². The Morgan fingerprint density at radius 2 is 2.05 bits per heavy atom. The van der Waals surface area contributed by atoms with Crippen molar-refractivity contribution in [1.82, 2.24) is 0 Å². The van der Waals surface area contributed by atoms with Gasteiger partial charge in [-0.1, -0.05) is 42.5 Å². The number of benzene rings is 1. The van der Waals surface area contributed by atoms with Crippen molar-refractivity contribution in [1.29, 1.82) is 0 Å². The van der Waals surface area contributed by atoms with E-state index in [1.807, 2.05) is 24.3 Å². The zero-order valence-corrected chi connectivity index (χ0v) is 10.7. The maximum Gasteiger partial charge on any atom is 0.185 e. The van der Waals surface area contributed by atoms with E-state index in [9.17, 15) is 9.90 Å². The smallest absolute Gasteiger partial charge is 0.185 e. The van der Waals surface area contributed by atoms with Gasteiger partial charge >= 0.3 is 0 Å². The molecule has 0 saturated heterocycles. The minimum absolute atomic E-state index is 0.0392. The molecule has 1 aliphatic rings. The number of carbonyl (C=O) groups is 1. The quantitative estimate of drug-likeness (QED) is 0.665. The van der Waals surface area contributed by atoms with Gasteiger partial charge in [-0.3, -0.25) is 4.79 Å². The SMILES string of the molecule is COC1C=C(O)C=CC1C=CC(=O)c1ccccc1. The third-order valence-corrected chi connectivity index (χ3v) is 3.00. The average molecular weight is 256 g/mol. The van der Waals surface area contributed by atoms with Gasteiger partial charge in [0.15, 0.2) is 5.78 Å². The van der Waals surface area contributed by atoms with Crippen LogP contribution in [0.3, 0.4) is 0 Å². The minimum atomic E-state index is -0.246. The van der Waals surface area contributed by atoms with Crippen molar-refractivity contribution < 1.29 is 14.6 Å². The highest BCUT2D eigenvalue weighted by atomic mass is 16.5. The third-order valence-electron chi connectivity index (χ3n) is 3.00. The Morgan fingerprint density at radius 3 is 2.74 bits per heavy atom. The van der Waals surface area contributed by atoms with Crippen LogP contribution in [-0.4, -0.2) is 24.1 Å². The highest BCUT2D eigenvalue weighted by Gasteiger charge is 2.18. The van der Waals surface area contributed by atoms with Crippen LogP contribution in [0.25, 0.3) is 0 Å². The molecule has 2 atom stereocenters. The molecule has 3 heteroatoms. The van der Waals surface area contributed by atoms with E-state index < -0.39 is 0 Å². The largest absolute Gasteiger partial charge is 0.508 e. The molecule has 1 aromatic carbocycles. The maximum absolute atomic E-state index is 11.9. The minimum Gasteiger partial charge on any atom is -0.508 e. The van der Waals surface area contributed by atoms with E-state index in [0.717, 1.165) is 0 Å². The van der Waals surface area contributed by atoms with Crippen LogP contribution in [0.4, 0.5) is 0 Å². The highest BCUT2D eigenvalue weighted by Crippen LogP contribution is 2.19. The van der Waals surface area contributed by atoms with Gasteiger partial charge in [0.25, 0.3) is 0 Å². The molecule has 2 rings (SSSR count). The summed E-state index contributed by atoms with van der Waals surface area (Å²) in [6.45, 7) is 0. The number of allylic oxidation sites excluding steroid dienone is 2. The zero-order chi connectivity index (χ0) is 13.7. The van der Waals surface area contributed by atoms with Gasteiger partial charge in [0, 0.05) is 18.6 Å². The van der Waals surface area contributed by atoms with Crippen LogP contribution in [0.5, 0.6) is 0 Å². The lowest BCUT2D eigenvalue weighted by molar-refractivity contribution is 0.104. The van der Waals surface area contributed by atoms with E-state index in [2.05, 4.69) is 0 Å². The number of aliphatic hydroxyl groups is 1. The van der Waals surface area contributed by atoms with Gasteiger partial charge in [-0.2, -0.15) is 0 Å². The molecule has 19 heavy (non-hydrogen) atoms. The van der Waals surface area contributed by atoms with Gasteiger partial charge in [0.05, 0.1) is 6.10 Å². The van der Waals surface area contributed by atoms with Gasteiger partial charge < -0.3 is 9.84 Å². The lowest BCUT2D eigenvalue weighted by Gasteiger charge is -2.20. The summed E-state index contributed by atoms with van der Waals surface area (Å²) in [6, 6.07) is 9.10. The third kappa shape index (κ3) is 3.42. The van der Waals surface area contributed by atoms with E-state index in [4.69, 9.17) is 4.74 Å². The topological polar surface area (TPSA) is 46.5 Å². The molecule has 2 unspecified atom stereocenters. The Hall–Kier alpha value is -2.13. The summed E-state index contributed by atoms with van der Waals surface area (Å²) >= 11 is 0. The molecule has 0 aliphatic heterocycles. The van der Waals surface area contributed by atoms with E-state index in [0.29, 0.717) is 5.56 Å². The second-order valence-corrected chi connectivity index (χ2v) is 4.32. The summed E-state index contributed by atoms with van der Waals surface area (Å²) in [7, 11) is 1.58. The summed E-state index contributed by atoms with van der Waals surface area (Å²) in [5.41, 5.74) is 0.658. The summed E-state index contributed by atoms with van der Waals surface area (Å²) in [5, 5.41) is 9.39. The van der Waals surface area contributed by atoms with Gasteiger partial charge in [0.2, 0.25) is 0 Å². The predicted molar refractivity (Wildman–Crippen MR) is 74.1 cm³/mol. The lowest BCUT2D eigenvalue weighted by atomic mass is 9.95. The Bertz CT molecular complexity index is 526. The maximum atomic E-state index is 11.9. The number of ketones is 1. The first-order valence-corrected chi connectivity index (χ1v) is 6.10. The molecule has 0 radical (unpaired) electrons. The van der Waals surface area contributed by atoms with Crippen molar-refractivity contribution in [3.05, 3.63) is 72.0 Å². The van der Waals surface area contributed by atoms with E-state index in [-0.39, 0.29) is 23.6 Å². The highest BCUT2D eigenvalue weighted by molar-refractivity contribution is 6.04. The van der Waals surface area contributed by atoms with Gasteiger partial charge in [-0.15, -0.1) is 0 Å². The molecule has 0 amide bonds. The Morgan fingerprint density at radius 1 is 1.32 bits per heavy atom. The van der Waals surface area contributed by atoms with Crippen LogP contribution in [0, 0.1) is 5.92 Å². The normalized spacial score (nSPS) is 22.5. The summed E-state index contributed by atoms with van der Waals surface area (Å²) < 4.78 is 5.26. The van der Waals surface area contributed by atoms with Crippen molar-refractivity contribution >= 4 is 5.78 Å². The standard InChI is InChI=1S/C16H16O3/c1-19-16-11-14(17)9-7-13(16)8-10-15(18)12-5-3-2-4-6-12/h2-11,13,16-17H,1H3. The molecule has 0 saturated carbocycles. The summed E-state index contributed by atoms with van der Waals surface area (Å²) in [5.74, 6) is 0.0991. The molecule has 0 spiro atoms. The van der Waals surface area contributed by atoms with E-state index >= 15 is 0 Å². The Kier molecular flexibility index (Phi) is 4.31. The molecule has 1 aliphatic carbocycles. The van der Waals surface area contributed by atoms with Crippen molar-refractivity contribution in [2.45, 2.75) is 6.10 Å². The van der Waals surface area contributed by atoms with Crippen molar-refractivity contribution in [2.75, 3.05) is 7.11 Å². The average Bonchev–Trinajstić information content (AvgIpc) is 2.46.